The number of carbonyl (C=O) groups excluding carboxylic acids is 1. The molecule has 15 heteroatoms. The molecule has 1 aromatic carbocycles. The summed E-state index contributed by atoms with van der Waals surface area (Å²) in [5, 5.41) is 13.1. The number of aromatic nitrogens is 1. The van der Waals surface area contributed by atoms with E-state index < -0.39 is 47.0 Å². The number of nitrogens with one attached hydrogen (secondary N) is 1. The van der Waals surface area contributed by atoms with Crippen LogP contribution in [0.25, 0.3) is 0 Å². The van der Waals surface area contributed by atoms with Gasteiger partial charge in [-0.1, -0.05) is 30.4 Å². The van der Waals surface area contributed by atoms with Gasteiger partial charge in [-0.2, -0.15) is 8.78 Å². The molecule has 1 aliphatic heterocycles. The standard InChI is InChI=1S/C27H36F4N4O5S2/c1-2-42(38,39)21-5-3-19(4-6-21)22(16-36)33-24(37)23-13-32-26(41-23)35-12-11-34(15-20(35)17-40-25(28)29)14-18-7-9-27(30,31)10-8-18/h3-6,13,18,20,22,25,36H,2,7-12,14-17H2,1H3,(H,33,37)/t20?,22-/m0/s1. The Hall–Kier alpha value is -2.33. The van der Waals surface area contributed by atoms with Crippen LogP contribution in [0.2, 0.25) is 0 Å². The van der Waals surface area contributed by atoms with Crippen LogP contribution in [0.4, 0.5) is 22.7 Å². The first-order chi connectivity index (χ1) is 19.9. The Morgan fingerprint density at radius 2 is 1.90 bits per heavy atom. The molecule has 0 radical (unpaired) electrons. The first-order valence-electron chi connectivity index (χ1n) is 13.9. The van der Waals surface area contributed by atoms with Crippen molar-refractivity contribution in [3.8, 4) is 0 Å². The first kappa shape index (κ1) is 32.6. The molecule has 1 unspecified atom stereocenters. The normalized spacial score (nSPS) is 21.0. The quantitative estimate of drug-likeness (QED) is 0.337. The fourth-order valence-electron chi connectivity index (χ4n) is 5.35. The van der Waals surface area contributed by atoms with E-state index in [0.29, 0.717) is 49.7 Å². The maximum Gasteiger partial charge on any atom is 0.345 e. The van der Waals surface area contributed by atoms with Crippen LogP contribution in [0.3, 0.4) is 0 Å². The minimum Gasteiger partial charge on any atom is -0.394 e. The van der Waals surface area contributed by atoms with Crippen LogP contribution in [0.15, 0.2) is 35.4 Å². The molecule has 2 aliphatic rings. The molecule has 2 atom stereocenters. The molecule has 0 bridgehead atoms. The first-order valence-corrected chi connectivity index (χ1v) is 16.3. The number of hydrogen-bond donors (Lipinski definition) is 2. The van der Waals surface area contributed by atoms with Crippen molar-refractivity contribution >= 4 is 32.2 Å². The number of amides is 1. The van der Waals surface area contributed by atoms with Crippen LogP contribution in [0, 0.1) is 5.92 Å². The zero-order chi connectivity index (χ0) is 30.5. The summed E-state index contributed by atoms with van der Waals surface area (Å²) < 4.78 is 81.7. The molecular formula is C27H36F4N4O5S2. The smallest absolute Gasteiger partial charge is 0.345 e. The van der Waals surface area contributed by atoms with E-state index in [1.807, 2.05) is 4.90 Å². The van der Waals surface area contributed by atoms with E-state index in [4.69, 9.17) is 0 Å². The van der Waals surface area contributed by atoms with Crippen molar-refractivity contribution < 1.29 is 40.6 Å². The number of anilines is 1. The average Bonchev–Trinajstić information content (AvgIpc) is 3.46. The Balaban J connectivity index is 1.40. The lowest BCUT2D eigenvalue weighted by Gasteiger charge is -2.43. The minimum atomic E-state index is -3.39. The minimum absolute atomic E-state index is 0.0492. The van der Waals surface area contributed by atoms with Gasteiger partial charge < -0.3 is 20.1 Å². The Morgan fingerprint density at radius 3 is 2.52 bits per heavy atom. The summed E-state index contributed by atoms with van der Waals surface area (Å²) in [6, 6.07) is 4.65. The zero-order valence-corrected chi connectivity index (χ0v) is 24.9. The maximum absolute atomic E-state index is 13.6. The van der Waals surface area contributed by atoms with Crippen molar-refractivity contribution in [1.82, 2.24) is 15.2 Å². The van der Waals surface area contributed by atoms with Gasteiger partial charge in [0.2, 0.25) is 5.92 Å². The van der Waals surface area contributed by atoms with E-state index in [9.17, 15) is 35.9 Å². The van der Waals surface area contributed by atoms with Crippen molar-refractivity contribution in [2.45, 2.75) is 62.1 Å². The zero-order valence-electron chi connectivity index (χ0n) is 23.2. The van der Waals surface area contributed by atoms with Crippen LogP contribution >= 0.6 is 11.3 Å². The van der Waals surface area contributed by atoms with E-state index in [2.05, 4.69) is 19.9 Å². The molecule has 0 spiro atoms. The molecular weight excluding hydrogens is 600 g/mol. The van der Waals surface area contributed by atoms with Gasteiger partial charge in [-0.15, -0.1) is 0 Å². The second kappa shape index (κ2) is 14.0. The van der Waals surface area contributed by atoms with E-state index in [0.717, 1.165) is 11.3 Å². The van der Waals surface area contributed by atoms with E-state index >= 15 is 0 Å². The number of aliphatic hydroxyl groups is 1. The average molecular weight is 637 g/mol. The lowest BCUT2D eigenvalue weighted by Crippen LogP contribution is -2.56. The summed E-state index contributed by atoms with van der Waals surface area (Å²) in [6.45, 7) is -0.103. The van der Waals surface area contributed by atoms with Gasteiger partial charge in [0, 0.05) is 39.0 Å². The van der Waals surface area contributed by atoms with Crippen LogP contribution < -0.4 is 10.2 Å². The van der Waals surface area contributed by atoms with Gasteiger partial charge in [0.1, 0.15) is 4.88 Å². The third-order valence-electron chi connectivity index (χ3n) is 7.81. The van der Waals surface area contributed by atoms with Crippen LogP contribution in [-0.2, 0) is 14.6 Å². The number of piperazine rings is 1. The Kier molecular flexibility index (Phi) is 10.8. The number of alkyl halides is 4. The summed E-state index contributed by atoms with van der Waals surface area (Å²) >= 11 is 1.08. The van der Waals surface area contributed by atoms with Gasteiger partial charge >= 0.3 is 6.61 Å². The summed E-state index contributed by atoms with van der Waals surface area (Å²) in [6.07, 6.45) is 1.95. The summed E-state index contributed by atoms with van der Waals surface area (Å²) in [5.41, 5.74) is 0.521. The van der Waals surface area contributed by atoms with Crippen LogP contribution in [0.1, 0.15) is 53.9 Å². The van der Waals surface area contributed by atoms with Gasteiger partial charge in [0.25, 0.3) is 5.91 Å². The fraction of sp³-hybridized carbons (Fsp3) is 0.630. The molecule has 42 heavy (non-hydrogen) atoms. The number of hydrogen-bond acceptors (Lipinski definition) is 9. The predicted octanol–water partition coefficient (Wildman–Crippen LogP) is 3.96. The highest BCUT2D eigenvalue weighted by Crippen LogP contribution is 2.37. The molecule has 9 nitrogen and oxygen atoms in total. The van der Waals surface area contributed by atoms with Crippen molar-refractivity contribution in [2.24, 2.45) is 5.92 Å². The van der Waals surface area contributed by atoms with Gasteiger partial charge in [0.05, 0.1) is 42.1 Å². The Morgan fingerprint density at radius 1 is 1.21 bits per heavy atom. The number of nitrogens with zero attached hydrogens (tertiary/aromatic N) is 3. The van der Waals surface area contributed by atoms with Gasteiger partial charge in [-0.3, -0.25) is 9.69 Å². The largest absolute Gasteiger partial charge is 0.394 e. The molecule has 2 N–H and O–H groups in total. The molecule has 2 fully saturated rings. The van der Waals surface area contributed by atoms with Crippen molar-refractivity contribution in [3.05, 3.63) is 40.9 Å². The van der Waals surface area contributed by atoms with Crippen LogP contribution in [-0.4, -0.2) is 93.0 Å². The second-order valence-electron chi connectivity index (χ2n) is 10.7. The van der Waals surface area contributed by atoms with Crippen LogP contribution in [0.5, 0.6) is 0 Å². The van der Waals surface area contributed by atoms with Crippen molar-refractivity contribution in [3.63, 3.8) is 0 Å². The van der Waals surface area contributed by atoms with E-state index in [-0.39, 0.29) is 40.9 Å². The number of benzene rings is 1. The second-order valence-corrected chi connectivity index (χ2v) is 14.0. The fourth-order valence-corrected chi connectivity index (χ4v) is 7.15. The number of rotatable bonds is 12. The Bertz CT molecular complexity index is 1290. The number of ether oxygens (including phenoxy) is 1. The molecule has 234 valence electrons. The highest BCUT2D eigenvalue weighted by atomic mass is 32.2. The number of carbonyl (C=O) groups is 1. The monoisotopic (exact) mass is 636 g/mol. The molecule has 1 amide bonds. The SMILES string of the molecule is CCS(=O)(=O)c1ccc([C@H](CO)NC(=O)c2cnc(N3CCN(CC4CCC(F)(F)CC4)CC3COC(F)F)s2)cc1. The molecule has 1 aliphatic carbocycles. The molecule has 2 aromatic rings. The molecule has 1 saturated carbocycles. The van der Waals surface area contributed by atoms with E-state index in [1.165, 1.54) is 30.5 Å². The third kappa shape index (κ3) is 8.40. The summed E-state index contributed by atoms with van der Waals surface area (Å²) in [4.78, 5) is 21.7. The van der Waals surface area contributed by atoms with E-state index in [1.54, 1.807) is 6.92 Å². The molecule has 2 heterocycles. The van der Waals surface area contributed by atoms with Crippen molar-refractivity contribution in [1.29, 1.82) is 0 Å². The predicted molar refractivity (Wildman–Crippen MR) is 150 cm³/mol. The van der Waals surface area contributed by atoms with Gasteiger partial charge in [-0.05, 0) is 36.5 Å². The highest BCUT2D eigenvalue weighted by molar-refractivity contribution is 7.91. The van der Waals surface area contributed by atoms with Gasteiger partial charge in [-0.25, -0.2) is 22.2 Å². The number of halogens is 4. The highest BCUT2D eigenvalue weighted by Gasteiger charge is 2.37. The number of sulfone groups is 1. The maximum atomic E-state index is 13.6. The third-order valence-corrected chi connectivity index (χ3v) is 10.6. The molecule has 1 saturated heterocycles. The topological polar surface area (TPSA) is 112 Å². The number of aliphatic hydroxyl groups excluding tert-OH is 1. The van der Waals surface area contributed by atoms with Crippen molar-refractivity contribution in [2.75, 3.05) is 50.0 Å². The lowest BCUT2D eigenvalue weighted by atomic mass is 9.86. The molecule has 4 rings (SSSR count). The Labute approximate surface area is 246 Å². The summed E-state index contributed by atoms with van der Waals surface area (Å²) in [7, 11) is -3.39. The lowest BCUT2D eigenvalue weighted by molar-refractivity contribution is -0.134. The summed E-state index contributed by atoms with van der Waals surface area (Å²) in [5.74, 6) is -3.05. The number of thiazole rings is 1. The molecule has 1 aromatic heterocycles. The van der Waals surface area contributed by atoms with Gasteiger partial charge in [0.15, 0.2) is 15.0 Å².